The van der Waals surface area contributed by atoms with Crippen LogP contribution in [0.15, 0.2) is 30.3 Å². The van der Waals surface area contributed by atoms with Crippen molar-refractivity contribution >= 4 is 17.9 Å². The Bertz CT molecular complexity index is 1220. The van der Waals surface area contributed by atoms with Crippen LogP contribution in [0, 0.1) is 0 Å². The Kier molecular flexibility index (Phi) is 31.2. The van der Waals surface area contributed by atoms with E-state index in [0.29, 0.717) is 18.4 Å². The van der Waals surface area contributed by atoms with Gasteiger partial charge in [-0.15, -0.1) is 0 Å². The van der Waals surface area contributed by atoms with Gasteiger partial charge < -0.3 is 35.0 Å². The molecule has 0 saturated carbocycles. The molecule has 346 valence electrons. The summed E-state index contributed by atoms with van der Waals surface area (Å²) in [5.41, 5.74) is 0.705. The van der Waals surface area contributed by atoms with E-state index in [4.69, 9.17) is 9.47 Å². The Morgan fingerprint density at radius 2 is 1.08 bits per heavy atom. The van der Waals surface area contributed by atoms with Gasteiger partial charge in [0.25, 0.3) is 0 Å². The fraction of sp³-hybridized carbons (Fsp3) is 0.816. The van der Waals surface area contributed by atoms with Crippen molar-refractivity contribution in [2.45, 2.75) is 231 Å². The molecule has 2 rings (SSSR count). The monoisotopic (exact) mass is 846 g/mol. The molecular formula is C49H87N3O8. The highest BCUT2D eigenvalue weighted by Gasteiger charge is 2.53. The van der Waals surface area contributed by atoms with E-state index in [9.17, 15) is 29.7 Å². The van der Waals surface area contributed by atoms with Gasteiger partial charge in [0.1, 0.15) is 31.0 Å². The van der Waals surface area contributed by atoms with E-state index >= 15 is 0 Å². The number of amides is 3. The molecule has 1 heterocycles. The molecule has 3 amide bonds. The van der Waals surface area contributed by atoms with Crippen molar-refractivity contribution in [3.05, 3.63) is 35.9 Å². The molecule has 4 N–H and O–H groups in total. The predicted molar refractivity (Wildman–Crippen MR) is 241 cm³/mol. The third kappa shape index (κ3) is 22.0. The lowest BCUT2D eigenvalue weighted by atomic mass is 9.93. The zero-order valence-corrected chi connectivity index (χ0v) is 38.2. The second-order valence-corrected chi connectivity index (χ2v) is 17.2. The molecule has 60 heavy (non-hydrogen) atoms. The van der Waals surface area contributed by atoms with Crippen LogP contribution >= 0.6 is 0 Å². The summed E-state index contributed by atoms with van der Waals surface area (Å²) < 4.78 is 11.9. The summed E-state index contributed by atoms with van der Waals surface area (Å²) in [6.45, 7) is 3.77. The Hall–Kier alpha value is -2.57. The molecule has 0 spiro atoms. The van der Waals surface area contributed by atoms with Gasteiger partial charge in [-0.25, -0.2) is 9.69 Å². The molecular weight excluding hydrogens is 759 g/mol. The molecule has 0 unspecified atom stereocenters. The van der Waals surface area contributed by atoms with E-state index in [1.807, 2.05) is 18.2 Å². The third-order valence-corrected chi connectivity index (χ3v) is 12.0. The molecule has 11 heteroatoms. The summed E-state index contributed by atoms with van der Waals surface area (Å²) >= 11 is 0. The minimum Gasteiger partial charge on any atom is -0.444 e. The topological polar surface area (TPSA) is 149 Å². The number of likely N-dealkylation sites (N-methyl/N-ethyl adjacent to an activating group) is 1. The Labute approximate surface area is 364 Å². The highest BCUT2D eigenvalue weighted by atomic mass is 16.6. The summed E-state index contributed by atoms with van der Waals surface area (Å²) in [5, 5.41) is 35.7. The van der Waals surface area contributed by atoms with Crippen LogP contribution in [0.2, 0.25) is 0 Å². The van der Waals surface area contributed by atoms with Crippen molar-refractivity contribution in [1.29, 1.82) is 0 Å². The number of hydrogen-bond acceptors (Lipinski definition) is 9. The van der Waals surface area contributed by atoms with Gasteiger partial charge in [-0.2, -0.15) is 0 Å². The first kappa shape index (κ1) is 53.6. The van der Waals surface area contributed by atoms with Gasteiger partial charge in [-0.1, -0.05) is 205 Å². The molecule has 0 bridgehead atoms. The number of imide groups is 1. The van der Waals surface area contributed by atoms with Crippen LogP contribution in [0.1, 0.15) is 199 Å². The fourth-order valence-electron chi connectivity index (χ4n) is 8.34. The minimum absolute atomic E-state index is 0.125. The van der Waals surface area contributed by atoms with E-state index in [0.717, 1.165) is 43.4 Å². The molecule has 0 aliphatic carbocycles. The lowest BCUT2D eigenvalue weighted by Gasteiger charge is -2.49. The molecule has 5 atom stereocenters. The van der Waals surface area contributed by atoms with Crippen LogP contribution in [0.4, 0.5) is 4.79 Å². The van der Waals surface area contributed by atoms with E-state index in [1.165, 1.54) is 127 Å². The van der Waals surface area contributed by atoms with Gasteiger partial charge in [-0.05, 0) is 25.5 Å². The number of aliphatic hydroxyl groups excluding tert-OH is 3. The number of nitrogens with zero attached hydrogens (tertiary/aromatic N) is 2. The smallest absolute Gasteiger partial charge is 0.417 e. The van der Waals surface area contributed by atoms with Gasteiger partial charge in [0, 0.05) is 13.0 Å². The van der Waals surface area contributed by atoms with E-state index < -0.39 is 49.2 Å². The first-order chi connectivity index (χ1) is 29.3. The SMILES string of the molecule is CCCCCCCCCCCCCCCCCC(=O)N(CCCCCCCCCCCCCC)[C@@H]1O[C@H](CO)[C@@H](O)[C@H](O)[C@H]1N(C(=O)CNC)C(=O)OCc1ccccc1. The molecule has 1 aromatic rings. The first-order valence-electron chi connectivity index (χ1n) is 24.4. The van der Waals surface area contributed by atoms with Gasteiger partial charge in [0.05, 0.1) is 13.2 Å². The van der Waals surface area contributed by atoms with Crippen LogP contribution < -0.4 is 5.32 Å². The Balaban J connectivity index is 2.10. The number of ether oxygens (including phenoxy) is 2. The lowest BCUT2D eigenvalue weighted by Crippen LogP contribution is -2.70. The number of nitrogens with one attached hydrogen (secondary N) is 1. The number of benzene rings is 1. The number of hydrogen-bond donors (Lipinski definition) is 4. The van der Waals surface area contributed by atoms with Gasteiger partial charge in [0.2, 0.25) is 11.8 Å². The number of aliphatic hydroxyl groups is 3. The second kappa shape index (κ2) is 35.0. The molecule has 1 fully saturated rings. The maximum Gasteiger partial charge on any atom is 0.417 e. The Morgan fingerprint density at radius 1 is 0.633 bits per heavy atom. The Morgan fingerprint density at radius 3 is 1.53 bits per heavy atom. The number of carbonyl (C=O) groups excluding carboxylic acids is 3. The molecule has 1 aliphatic rings. The van der Waals surface area contributed by atoms with Crippen LogP contribution in [-0.4, -0.2) is 100 Å². The van der Waals surface area contributed by atoms with E-state index in [-0.39, 0.29) is 32.0 Å². The zero-order chi connectivity index (χ0) is 43.6. The standard InChI is InChI=1S/C49H87N3O8/c1-4-6-8-10-12-14-16-18-19-20-21-23-25-27-32-36-43(54)51(37-33-28-26-24-22-17-15-13-11-9-7-5-2)48-45(47(57)46(56)42(39-53)60-48)52(44(55)38-50-3)49(58)59-40-41-34-30-29-31-35-41/h29-31,34-35,42,45-48,50,53,56-57H,4-28,32-33,36-40H2,1-3H3/t42-,45-,46-,47-,48-/m1/s1. The zero-order valence-electron chi connectivity index (χ0n) is 38.2. The van der Waals surface area contributed by atoms with Crippen molar-refractivity contribution in [3.8, 4) is 0 Å². The number of rotatable bonds is 36. The lowest BCUT2D eigenvalue weighted by molar-refractivity contribution is -0.244. The summed E-state index contributed by atoms with van der Waals surface area (Å²) in [5.74, 6) is -0.912. The normalized spacial score (nSPS) is 19.0. The van der Waals surface area contributed by atoms with Crippen molar-refractivity contribution < 1.29 is 39.2 Å². The summed E-state index contributed by atoms with van der Waals surface area (Å²) in [6.07, 6.45) is 25.5. The molecule has 1 aromatic carbocycles. The first-order valence-corrected chi connectivity index (χ1v) is 24.4. The van der Waals surface area contributed by atoms with Crippen molar-refractivity contribution in [3.63, 3.8) is 0 Å². The van der Waals surface area contributed by atoms with Gasteiger partial charge >= 0.3 is 6.09 Å². The number of carbonyl (C=O) groups is 3. The number of unbranched alkanes of at least 4 members (excludes halogenated alkanes) is 25. The van der Waals surface area contributed by atoms with Crippen LogP contribution in [-0.2, 0) is 25.7 Å². The van der Waals surface area contributed by atoms with Gasteiger partial charge in [0.15, 0.2) is 6.23 Å². The maximum atomic E-state index is 14.2. The van der Waals surface area contributed by atoms with Crippen LogP contribution in [0.3, 0.4) is 0 Å². The maximum absolute atomic E-state index is 14.2. The average molecular weight is 846 g/mol. The fourth-order valence-corrected chi connectivity index (χ4v) is 8.34. The van der Waals surface area contributed by atoms with E-state index in [1.54, 1.807) is 19.2 Å². The van der Waals surface area contributed by atoms with Gasteiger partial charge in [-0.3, -0.25) is 9.59 Å². The molecule has 11 nitrogen and oxygen atoms in total. The van der Waals surface area contributed by atoms with E-state index in [2.05, 4.69) is 19.2 Å². The summed E-state index contributed by atoms with van der Waals surface area (Å²) in [4.78, 5) is 44.1. The highest BCUT2D eigenvalue weighted by molar-refractivity contribution is 5.93. The second-order valence-electron chi connectivity index (χ2n) is 17.2. The summed E-state index contributed by atoms with van der Waals surface area (Å²) in [6, 6.07) is 7.56. The summed E-state index contributed by atoms with van der Waals surface area (Å²) in [7, 11) is 1.56. The molecule has 1 saturated heterocycles. The predicted octanol–water partition coefficient (Wildman–Crippen LogP) is 9.97. The van der Waals surface area contributed by atoms with Crippen LogP contribution in [0.25, 0.3) is 0 Å². The molecule has 1 aliphatic heterocycles. The van der Waals surface area contributed by atoms with Crippen molar-refractivity contribution in [2.24, 2.45) is 0 Å². The average Bonchev–Trinajstić information content (AvgIpc) is 3.25. The molecule has 0 radical (unpaired) electrons. The van der Waals surface area contributed by atoms with Crippen molar-refractivity contribution in [2.75, 3.05) is 26.7 Å². The molecule has 0 aromatic heterocycles. The quantitative estimate of drug-likeness (QED) is 0.0485. The van der Waals surface area contributed by atoms with Crippen molar-refractivity contribution in [1.82, 2.24) is 15.1 Å². The highest BCUT2D eigenvalue weighted by Crippen LogP contribution is 2.30. The minimum atomic E-state index is -1.71. The van der Waals surface area contributed by atoms with Crippen LogP contribution in [0.5, 0.6) is 0 Å². The third-order valence-electron chi connectivity index (χ3n) is 12.0. The largest absolute Gasteiger partial charge is 0.444 e.